The lowest BCUT2D eigenvalue weighted by atomic mass is 10.3. The Morgan fingerprint density at radius 2 is 1.93 bits per heavy atom. The second-order valence-corrected chi connectivity index (χ2v) is 6.28. The van der Waals surface area contributed by atoms with Crippen LogP contribution in [-0.2, 0) is 0 Å². The molecule has 0 spiro atoms. The number of hydrogen-bond acceptors (Lipinski definition) is 6. The molecule has 0 aliphatic heterocycles. The average Bonchev–Trinajstić information content (AvgIpc) is 3.13. The van der Waals surface area contributed by atoms with E-state index in [0.29, 0.717) is 35.0 Å². The molecule has 0 bridgehead atoms. The molecule has 0 aliphatic rings. The average molecular weight is 378 g/mol. The fraction of sp³-hybridized carbons (Fsp3) is 0.150. The van der Waals surface area contributed by atoms with Gasteiger partial charge >= 0.3 is 0 Å². The number of fused-ring (bicyclic) bond motifs is 1. The fourth-order valence-corrected chi connectivity index (χ4v) is 2.87. The van der Waals surface area contributed by atoms with E-state index in [1.807, 2.05) is 30.3 Å². The van der Waals surface area contributed by atoms with Crippen LogP contribution in [0.2, 0.25) is 0 Å². The number of anilines is 3. The van der Waals surface area contributed by atoms with Crippen LogP contribution in [0.1, 0.15) is 0 Å². The molecule has 7 nitrogen and oxygen atoms in total. The Morgan fingerprint density at radius 3 is 2.68 bits per heavy atom. The number of likely N-dealkylation sites (N-methyl/N-ethyl adjacent to an activating group) is 1. The van der Waals surface area contributed by atoms with Gasteiger partial charge in [0.2, 0.25) is 5.95 Å². The Balaban J connectivity index is 1.86. The van der Waals surface area contributed by atoms with Crippen LogP contribution in [0.4, 0.5) is 21.8 Å². The maximum Gasteiger partial charge on any atom is 0.229 e. The summed E-state index contributed by atoms with van der Waals surface area (Å²) in [4.78, 5) is 11.0. The molecule has 142 valence electrons. The second-order valence-electron chi connectivity index (χ2n) is 6.28. The third-order valence-electron chi connectivity index (χ3n) is 4.28. The van der Waals surface area contributed by atoms with Crippen LogP contribution >= 0.6 is 0 Å². The maximum absolute atomic E-state index is 13.6. The van der Waals surface area contributed by atoms with Crippen LogP contribution in [0.25, 0.3) is 16.7 Å². The van der Waals surface area contributed by atoms with Gasteiger partial charge in [-0.2, -0.15) is 15.1 Å². The number of rotatable bonds is 6. The van der Waals surface area contributed by atoms with Gasteiger partial charge in [0.15, 0.2) is 5.65 Å². The zero-order chi connectivity index (χ0) is 19.5. The van der Waals surface area contributed by atoms with Crippen molar-refractivity contribution in [2.24, 2.45) is 0 Å². The van der Waals surface area contributed by atoms with Gasteiger partial charge in [-0.15, -0.1) is 0 Å². The summed E-state index contributed by atoms with van der Waals surface area (Å²) in [6.45, 7) is 0.354. The minimum Gasteiger partial charge on any atom is -0.395 e. The Kier molecular flexibility index (Phi) is 4.86. The predicted octanol–water partition coefficient (Wildman–Crippen LogP) is 3.13. The van der Waals surface area contributed by atoms with Gasteiger partial charge in [0.05, 0.1) is 23.9 Å². The highest BCUT2D eigenvalue weighted by Crippen LogP contribution is 2.27. The summed E-state index contributed by atoms with van der Waals surface area (Å²) in [7, 11) is 1.80. The highest BCUT2D eigenvalue weighted by molar-refractivity contribution is 5.90. The smallest absolute Gasteiger partial charge is 0.229 e. The first-order valence-electron chi connectivity index (χ1n) is 8.81. The van der Waals surface area contributed by atoms with Gasteiger partial charge in [0.1, 0.15) is 11.6 Å². The number of aliphatic hydroxyl groups excluding tert-OH is 1. The van der Waals surface area contributed by atoms with Crippen LogP contribution in [0.15, 0.2) is 60.8 Å². The topological polar surface area (TPSA) is 79.1 Å². The molecule has 0 saturated carbocycles. The molecule has 2 N–H and O–H groups in total. The first kappa shape index (κ1) is 17.9. The normalized spacial score (nSPS) is 11.0. The molecular weight excluding hydrogens is 359 g/mol. The Morgan fingerprint density at radius 1 is 1.11 bits per heavy atom. The summed E-state index contributed by atoms with van der Waals surface area (Å²) in [6, 6.07) is 15.8. The minimum absolute atomic E-state index is 0.0253. The van der Waals surface area contributed by atoms with Crippen molar-refractivity contribution in [3.8, 4) is 5.69 Å². The monoisotopic (exact) mass is 378 g/mol. The highest BCUT2D eigenvalue weighted by Gasteiger charge is 2.16. The van der Waals surface area contributed by atoms with Crippen molar-refractivity contribution < 1.29 is 9.50 Å². The van der Waals surface area contributed by atoms with Crippen molar-refractivity contribution in [1.82, 2.24) is 19.7 Å². The Bertz CT molecular complexity index is 1100. The lowest BCUT2D eigenvalue weighted by molar-refractivity contribution is 0.303. The van der Waals surface area contributed by atoms with E-state index in [4.69, 9.17) is 0 Å². The highest BCUT2D eigenvalue weighted by atomic mass is 19.1. The molecule has 2 heterocycles. The molecule has 28 heavy (non-hydrogen) atoms. The van der Waals surface area contributed by atoms with Crippen LogP contribution in [0.3, 0.4) is 0 Å². The van der Waals surface area contributed by atoms with Gasteiger partial charge in [-0.1, -0.05) is 24.3 Å². The standard InChI is InChI=1S/C20H19FN6O/c1-26(10-11-28)20-24-18(23-15-7-5-6-14(21)12-15)17-13-22-27(19(17)25-20)16-8-3-2-4-9-16/h2-9,12-13,28H,10-11H2,1H3,(H,23,24,25). The molecule has 4 aromatic rings. The van der Waals surface area contributed by atoms with Gasteiger partial charge in [-0.3, -0.25) is 0 Å². The molecule has 0 unspecified atom stereocenters. The summed E-state index contributed by atoms with van der Waals surface area (Å²) < 4.78 is 15.3. The first-order valence-corrected chi connectivity index (χ1v) is 8.81. The van der Waals surface area contributed by atoms with Crippen LogP contribution in [0.5, 0.6) is 0 Å². The van der Waals surface area contributed by atoms with E-state index in [1.165, 1.54) is 12.1 Å². The number of hydrogen-bond donors (Lipinski definition) is 2. The van der Waals surface area contributed by atoms with Crippen molar-refractivity contribution >= 4 is 28.5 Å². The molecule has 0 atom stereocenters. The zero-order valence-corrected chi connectivity index (χ0v) is 15.2. The summed E-state index contributed by atoms with van der Waals surface area (Å²) in [5, 5.41) is 17.6. The molecule has 0 radical (unpaired) electrons. The number of halogens is 1. The largest absolute Gasteiger partial charge is 0.395 e. The lowest BCUT2D eigenvalue weighted by Gasteiger charge is -2.17. The van der Waals surface area contributed by atoms with Gasteiger partial charge in [0, 0.05) is 19.3 Å². The molecule has 0 fully saturated rings. The van der Waals surface area contributed by atoms with E-state index in [-0.39, 0.29) is 12.4 Å². The minimum atomic E-state index is -0.340. The van der Waals surface area contributed by atoms with Crippen LogP contribution in [-0.4, -0.2) is 45.1 Å². The van der Waals surface area contributed by atoms with Gasteiger partial charge < -0.3 is 15.3 Å². The maximum atomic E-state index is 13.6. The van der Waals surface area contributed by atoms with E-state index in [1.54, 1.807) is 35.0 Å². The Hall–Kier alpha value is -3.52. The van der Waals surface area contributed by atoms with E-state index >= 15 is 0 Å². The summed E-state index contributed by atoms with van der Waals surface area (Å²) in [6.07, 6.45) is 1.68. The van der Waals surface area contributed by atoms with Crippen molar-refractivity contribution in [2.45, 2.75) is 0 Å². The number of para-hydroxylation sites is 1. The number of nitrogens with zero attached hydrogens (tertiary/aromatic N) is 5. The van der Waals surface area contributed by atoms with Gasteiger partial charge in [-0.05, 0) is 30.3 Å². The molecule has 0 saturated heterocycles. The first-order chi connectivity index (χ1) is 13.7. The number of aromatic nitrogens is 4. The molecule has 2 aromatic heterocycles. The predicted molar refractivity (Wildman–Crippen MR) is 107 cm³/mol. The quantitative estimate of drug-likeness (QED) is 0.537. The van der Waals surface area contributed by atoms with Crippen molar-refractivity contribution in [3.63, 3.8) is 0 Å². The van der Waals surface area contributed by atoms with Crippen molar-refractivity contribution in [1.29, 1.82) is 0 Å². The van der Waals surface area contributed by atoms with Gasteiger partial charge in [0.25, 0.3) is 0 Å². The molecule has 0 aliphatic carbocycles. The van der Waals surface area contributed by atoms with E-state index in [9.17, 15) is 9.50 Å². The molecule has 4 rings (SSSR count). The number of aliphatic hydroxyl groups is 1. The summed E-state index contributed by atoms with van der Waals surface area (Å²) in [5.74, 6) is 0.601. The Labute approximate surface area is 161 Å². The zero-order valence-electron chi connectivity index (χ0n) is 15.2. The fourth-order valence-electron chi connectivity index (χ4n) is 2.87. The number of benzene rings is 2. The van der Waals surface area contributed by atoms with Crippen molar-refractivity contribution in [2.75, 3.05) is 30.4 Å². The third-order valence-corrected chi connectivity index (χ3v) is 4.28. The number of nitrogens with one attached hydrogen (secondary N) is 1. The summed E-state index contributed by atoms with van der Waals surface area (Å²) >= 11 is 0. The van der Waals surface area contributed by atoms with Crippen molar-refractivity contribution in [3.05, 3.63) is 66.6 Å². The molecule has 8 heteroatoms. The second kappa shape index (κ2) is 7.61. The van der Waals surface area contributed by atoms with E-state index in [2.05, 4.69) is 20.4 Å². The SMILES string of the molecule is CN(CCO)c1nc(Nc2cccc(F)c2)c2cnn(-c3ccccc3)c2n1. The van der Waals surface area contributed by atoms with Crippen LogP contribution in [0, 0.1) is 5.82 Å². The van der Waals surface area contributed by atoms with E-state index in [0.717, 1.165) is 5.69 Å². The summed E-state index contributed by atoms with van der Waals surface area (Å²) in [5.41, 5.74) is 2.05. The van der Waals surface area contributed by atoms with Gasteiger partial charge in [-0.25, -0.2) is 9.07 Å². The lowest BCUT2D eigenvalue weighted by Crippen LogP contribution is -2.23. The van der Waals surface area contributed by atoms with E-state index < -0.39 is 0 Å². The molecular formula is C20H19FN6O. The molecule has 0 amide bonds. The molecule has 2 aromatic carbocycles. The van der Waals surface area contributed by atoms with Crippen LogP contribution < -0.4 is 10.2 Å². The third kappa shape index (κ3) is 3.49.